The maximum Gasteiger partial charge on any atom is 0.471 e. The van der Waals surface area contributed by atoms with Crippen LogP contribution >= 0.6 is 90.4 Å². The van der Waals surface area contributed by atoms with Gasteiger partial charge in [-0.25, -0.2) is 0 Å². The van der Waals surface area contributed by atoms with Gasteiger partial charge >= 0.3 is 18.1 Å². The summed E-state index contributed by atoms with van der Waals surface area (Å²) in [6.07, 6.45) is -3.78. The van der Waals surface area contributed by atoms with Gasteiger partial charge in [0.05, 0.1) is 20.9 Å². The average molecular weight is 972 g/mol. The van der Waals surface area contributed by atoms with Crippen molar-refractivity contribution in [3.05, 3.63) is 44.1 Å². The number of hydrogen-bond acceptors (Lipinski definition) is 6. The highest BCUT2D eigenvalue weighted by atomic mass is 127. The summed E-state index contributed by atoms with van der Waals surface area (Å²) in [6, 6.07) is 6.66. The molecule has 0 spiro atoms. The van der Waals surface area contributed by atoms with Crippen LogP contribution in [0.1, 0.15) is 25.3 Å². The number of unbranched alkanes of at least 4 members (excludes halogenated alkanes) is 1. The molecule has 0 aliphatic carbocycles. The van der Waals surface area contributed by atoms with Gasteiger partial charge in [-0.2, -0.15) is 13.2 Å². The molecule has 1 amide bonds. The lowest BCUT2D eigenvalue weighted by Gasteiger charge is -2.19. The molecular formula is C23H23F3I4N2O5. The minimum atomic E-state index is -4.90. The summed E-state index contributed by atoms with van der Waals surface area (Å²) in [6.45, 7) is 2.18. The molecule has 0 bridgehead atoms. The van der Waals surface area contributed by atoms with Crippen molar-refractivity contribution in [1.82, 2.24) is 10.6 Å². The molecule has 0 aliphatic rings. The Bertz CT molecular complexity index is 1070. The van der Waals surface area contributed by atoms with E-state index in [9.17, 15) is 27.9 Å². The number of carbonyl (C=O) groups is 2. The van der Waals surface area contributed by atoms with E-state index in [-0.39, 0.29) is 18.9 Å². The van der Waals surface area contributed by atoms with Gasteiger partial charge in [-0.15, -0.1) is 0 Å². The first-order valence-electron chi connectivity index (χ1n) is 10.9. The van der Waals surface area contributed by atoms with Crippen LogP contribution in [-0.4, -0.2) is 48.9 Å². The second kappa shape index (κ2) is 15.4. The minimum Gasteiger partial charge on any atom is -0.506 e. The first-order chi connectivity index (χ1) is 17.3. The maximum atomic E-state index is 12.5. The van der Waals surface area contributed by atoms with Crippen LogP contribution in [0.2, 0.25) is 0 Å². The summed E-state index contributed by atoms with van der Waals surface area (Å²) in [5.74, 6) is -0.934. The minimum absolute atomic E-state index is 0.110. The second-order valence-electron chi connectivity index (χ2n) is 7.65. The molecule has 204 valence electrons. The summed E-state index contributed by atoms with van der Waals surface area (Å²) < 4.78 is 51.0. The molecule has 0 saturated heterocycles. The number of esters is 1. The molecular weight excluding hydrogens is 949 g/mol. The summed E-state index contributed by atoms with van der Waals surface area (Å²) in [5, 5.41) is 14.9. The predicted molar refractivity (Wildman–Crippen MR) is 166 cm³/mol. The van der Waals surface area contributed by atoms with Crippen molar-refractivity contribution in [2.75, 3.05) is 19.7 Å². The van der Waals surface area contributed by atoms with E-state index in [1.54, 1.807) is 19.1 Å². The average Bonchev–Trinajstić information content (AvgIpc) is 2.80. The number of aromatic hydroxyl groups is 1. The number of halogens is 7. The number of benzene rings is 2. The van der Waals surface area contributed by atoms with Crippen molar-refractivity contribution < 1.29 is 37.3 Å². The van der Waals surface area contributed by atoms with Crippen molar-refractivity contribution in [3.8, 4) is 17.2 Å². The highest BCUT2D eigenvalue weighted by Crippen LogP contribution is 2.37. The third-order valence-electron chi connectivity index (χ3n) is 4.82. The molecule has 3 N–H and O–H groups in total. The lowest BCUT2D eigenvalue weighted by atomic mass is 10.1. The molecule has 2 rings (SSSR count). The summed E-state index contributed by atoms with van der Waals surface area (Å²) >= 11 is 8.40. The molecule has 0 aliphatic heterocycles. The first-order valence-corrected chi connectivity index (χ1v) is 15.2. The topological polar surface area (TPSA) is 96.9 Å². The van der Waals surface area contributed by atoms with Gasteiger partial charge in [0.1, 0.15) is 17.5 Å². The van der Waals surface area contributed by atoms with E-state index < -0.39 is 24.1 Å². The van der Waals surface area contributed by atoms with Crippen LogP contribution in [0.5, 0.6) is 17.2 Å². The largest absolute Gasteiger partial charge is 0.506 e. The molecule has 0 unspecified atom stereocenters. The van der Waals surface area contributed by atoms with Gasteiger partial charge in [0, 0.05) is 6.54 Å². The molecule has 0 fully saturated rings. The van der Waals surface area contributed by atoms with Crippen molar-refractivity contribution >= 4 is 102 Å². The zero-order valence-electron chi connectivity index (χ0n) is 19.4. The number of ether oxygens (including phenoxy) is 2. The van der Waals surface area contributed by atoms with E-state index in [4.69, 9.17) is 9.47 Å². The van der Waals surface area contributed by atoms with Gasteiger partial charge in [-0.3, -0.25) is 9.59 Å². The highest BCUT2D eigenvalue weighted by molar-refractivity contribution is 14.1. The monoisotopic (exact) mass is 972 g/mol. The molecule has 0 aromatic heterocycles. The number of amides is 1. The number of phenolic OH excluding ortho intramolecular Hbond substituents is 1. The van der Waals surface area contributed by atoms with Crippen molar-refractivity contribution in [3.63, 3.8) is 0 Å². The predicted octanol–water partition coefficient (Wildman–Crippen LogP) is 6.13. The van der Waals surface area contributed by atoms with Gasteiger partial charge in [0.25, 0.3) is 0 Å². The molecule has 0 heterocycles. The third-order valence-corrected chi connectivity index (χ3v) is 8.06. The fourth-order valence-corrected chi connectivity index (χ4v) is 6.92. The standard InChI is InChI=1S/C23H23F3I4N2O5/c1-2-36-21(34)18(31-5-3-4-6-32-22(35)23(24,25)26)9-12-7-16(29)20(17(30)8-12)37-13-10-14(27)19(33)15(28)11-13/h7-8,10-11,18,31,33H,2-6,9H2,1H3,(H,32,35)/t18-/m0/s1. The Kier molecular flexibility index (Phi) is 13.7. The van der Waals surface area contributed by atoms with Gasteiger partial charge in [0.2, 0.25) is 0 Å². The van der Waals surface area contributed by atoms with Crippen molar-refractivity contribution in [1.29, 1.82) is 0 Å². The number of hydrogen-bond donors (Lipinski definition) is 3. The summed E-state index contributed by atoms with van der Waals surface area (Å²) in [4.78, 5) is 23.4. The van der Waals surface area contributed by atoms with E-state index in [1.807, 2.05) is 62.6 Å². The lowest BCUT2D eigenvalue weighted by molar-refractivity contribution is -0.173. The number of rotatable bonds is 12. The van der Waals surface area contributed by atoms with Crippen molar-refractivity contribution in [2.45, 2.75) is 38.4 Å². The molecule has 7 nitrogen and oxygen atoms in total. The van der Waals surface area contributed by atoms with Crippen molar-refractivity contribution in [2.24, 2.45) is 0 Å². The van der Waals surface area contributed by atoms with E-state index in [2.05, 4.69) is 50.5 Å². The van der Waals surface area contributed by atoms with Crippen LogP contribution in [0.3, 0.4) is 0 Å². The quantitative estimate of drug-likeness (QED) is 0.135. The normalized spacial score (nSPS) is 12.2. The highest BCUT2D eigenvalue weighted by Gasteiger charge is 2.38. The maximum absolute atomic E-state index is 12.5. The Labute approximate surface area is 266 Å². The molecule has 14 heteroatoms. The Morgan fingerprint density at radius 1 is 0.973 bits per heavy atom. The van der Waals surface area contributed by atoms with Gasteiger partial charge < -0.3 is 25.2 Å². The zero-order chi connectivity index (χ0) is 27.8. The molecule has 0 radical (unpaired) electrons. The second-order valence-corrected chi connectivity index (χ2v) is 12.3. The molecule has 1 atom stereocenters. The fourth-order valence-electron chi connectivity index (χ4n) is 3.09. The number of alkyl halides is 3. The van der Waals surface area contributed by atoms with Crippen LogP contribution < -0.4 is 15.4 Å². The summed E-state index contributed by atoms with van der Waals surface area (Å²) in [5.41, 5.74) is 0.874. The lowest BCUT2D eigenvalue weighted by Crippen LogP contribution is -2.41. The number of nitrogens with one attached hydrogen (secondary N) is 2. The molecule has 2 aromatic carbocycles. The molecule has 37 heavy (non-hydrogen) atoms. The van der Waals surface area contributed by atoms with E-state index in [0.29, 0.717) is 44.4 Å². The van der Waals surface area contributed by atoms with Crippen LogP contribution in [0.15, 0.2) is 24.3 Å². The van der Waals surface area contributed by atoms with Gasteiger partial charge in [0.15, 0.2) is 5.75 Å². The Morgan fingerprint density at radius 2 is 1.54 bits per heavy atom. The SMILES string of the molecule is CCOC(=O)[C@H](Cc1cc(I)c(Oc2cc(I)c(O)c(I)c2)c(I)c1)NCCCCNC(=O)C(F)(F)F. The summed E-state index contributed by atoms with van der Waals surface area (Å²) in [7, 11) is 0. The molecule has 0 saturated carbocycles. The van der Waals surface area contributed by atoms with Crippen LogP contribution in [0.25, 0.3) is 0 Å². The fraction of sp³-hybridized carbons (Fsp3) is 0.391. The number of phenols is 1. The van der Waals surface area contributed by atoms with Crippen LogP contribution in [-0.2, 0) is 20.7 Å². The van der Waals surface area contributed by atoms with Crippen LogP contribution in [0, 0.1) is 14.3 Å². The van der Waals surface area contributed by atoms with E-state index in [0.717, 1.165) is 12.7 Å². The Morgan fingerprint density at radius 3 is 2.08 bits per heavy atom. The zero-order valence-corrected chi connectivity index (χ0v) is 28.0. The van der Waals surface area contributed by atoms with Gasteiger partial charge in [-0.1, -0.05) is 0 Å². The van der Waals surface area contributed by atoms with E-state index in [1.165, 1.54) is 0 Å². The number of carbonyl (C=O) groups excluding carboxylic acids is 2. The third kappa shape index (κ3) is 10.6. The Balaban J connectivity index is 2.03. The van der Waals surface area contributed by atoms with Gasteiger partial charge in [-0.05, 0) is 153 Å². The Hall–Kier alpha value is -0.350. The van der Waals surface area contributed by atoms with Crippen LogP contribution in [0.4, 0.5) is 13.2 Å². The van der Waals surface area contributed by atoms with E-state index >= 15 is 0 Å². The smallest absolute Gasteiger partial charge is 0.471 e. The molecule has 2 aromatic rings. The first kappa shape index (κ1) is 32.9.